The number of benzene rings is 1. The van der Waals surface area contributed by atoms with Gasteiger partial charge < -0.3 is 14.5 Å². The average Bonchev–Trinajstić information content (AvgIpc) is 2.81. The number of rotatable bonds is 2. The summed E-state index contributed by atoms with van der Waals surface area (Å²) >= 11 is 0. The van der Waals surface area contributed by atoms with Gasteiger partial charge >= 0.3 is 6.09 Å². The van der Waals surface area contributed by atoms with Crippen molar-refractivity contribution in [2.24, 2.45) is 5.14 Å². The maximum absolute atomic E-state index is 12.5. The minimum absolute atomic E-state index is 0.0300. The van der Waals surface area contributed by atoms with Gasteiger partial charge in [0.2, 0.25) is 10.0 Å². The van der Waals surface area contributed by atoms with Gasteiger partial charge in [-0.1, -0.05) is 0 Å². The Morgan fingerprint density at radius 3 is 2.25 bits per heavy atom. The van der Waals surface area contributed by atoms with Crippen molar-refractivity contribution in [1.29, 1.82) is 0 Å². The lowest BCUT2D eigenvalue weighted by Crippen LogP contribution is -2.48. The van der Waals surface area contributed by atoms with Crippen LogP contribution >= 0.6 is 0 Å². The van der Waals surface area contributed by atoms with E-state index in [0.29, 0.717) is 38.0 Å². The predicted octanol–water partition coefficient (Wildman–Crippen LogP) is 0.391. The second-order valence-corrected chi connectivity index (χ2v) is 7.83. The van der Waals surface area contributed by atoms with Gasteiger partial charge in [0.15, 0.2) is 0 Å². The van der Waals surface area contributed by atoms with Gasteiger partial charge in [-0.25, -0.2) is 18.4 Å². The molecule has 1 aromatic carbocycles. The topological polar surface area (TPSA) is 110 Å². The van der Waals surface area contributed by atoms with Gasteiger partial charge in [0.05, 0.1) is 11.4 Å². The molecule has 0 radical (unpaired) electrons. The number of piperidine rings is 1. The van der Waals surface area contributed by atoms with Crippen LogP contribution in [0.4, 0.5) is 4.79 Å². The molecule has 2 heterocycles. The lowest BCUT2D eigenvalue weighted by atomic mass is 9.91. The standard InChI is InChI=1S/C15H19N3O5S/c1-17-10-15(23-14(17)20)6-8-18(9-7-15)13(19)11-2-4-12(5-3-11)24(16,21)22/h2-5H,6-10H2,1H3,(H2,16,21,22). The van der Waals surface area contributed by atoms with Gasteiger partial charge in [-0.3, -0.25) is 4.79 Å². The number of nitrogens with two attached hydrogens (primary N) is 1. The molecule has 8 nitrogen and oxygen atoms in total. The highest BCUT2D eigenvalue weighted by atomic mass is 32.2. The Morgan fingerprint density at radius 1 is 1.21 bits per heavy atom. The summed E-state index contributed by atoms with van der Waals surface area (Å²) in [7, 11) is -2.08. The summed E-state index contributed by atoms with van der Waals surface area (Å²) in [5, 5.41) is 5.05. The molecule has 2 amide bonds. The summed E-state index contributed by atoms with van der Waals surface area (Å²) in [5.41, 5.74) is -0.0982. The summed E-state index contributed by atoms with van der Waals surface area (Å²) in [6, 6.07) is 5.55. The van der Waals surface area contributed by atoms with Crippen LogP contribution in [0.15, 0.2) is 29.2 Å². The molecule has 0 aromatic heterocycles. The van der Waals surface area contributed by atoms with Crippen LogP contribution in [0, 0.1) is 0 Å². The molecule has 0 atom stereocenters. The van der Waals surface area contributed by atoms with E-state index in [1.165, 1.54) is 24.3 Å². The van der Waals surface area contributed by atoms with Crippen LogP contribution in [-0.2, 0) is 14.8 Å². The Hall–Kier alpha value is -2.13. The molecule has 1 spiro atoms. The van der Waals surface area contributed by atoms with Gasteiger partial charge in [-0.2, -0.15) is 0 Å². The Labute approximate surface area is 140 Å². The lowest BCUT2D eigenvalue weighted by Gasteiger charge is -2.37. The predicted molar refractivity (Wildman–Crippen MR) is 84.8 cm³/mol. The molecule has 130 valence electrons. The van der Waals surface area contributed by atoms with E-state index < -0.39 is 15.6 Å². The number of likely N-dealkylation sites (tertiary alicyclic amines) is 1. The highest BCUT2D eigenvalue weighted by molar-refractivity contribution is 7.89. The Balaban J connectivity index is 1.66. The molecule has 2 saturated heterocycles. The first-order chi connectivity index (χ1) is 11.2. The van der Waals surface area contributed by atoms with Crippen molar-refractivity contribution in [3.8, 4) is 0 Å². The van der Waals surface area contributed by atoms with Crippen molar-refractivity contribution in [1.82, 2.24) is 9.80 Å². The van der Waals surface area contributed by atoms with E-state index in [0.717, 1.165) is 0 Å². The summed E-state index contributed by atoms with van der Waals surface area (Å²) in [6.45, 7) is 1.50. The van der Waals surface area contributed by atoms with Crippen LogP contribution in [0.1, 0.15) is 23.2 Å². The van der Waals surface area contributed by atoms with Crippen LogP contribution in [0.5, 0.6) is 0 Å². The molecule has 0 unspecified atom stereocenters. The molecule has 1 aromatic rings. The smallest absolute Gasteiger partial charge is 0.410 e. The lowest BCUT2D eigenvalue weighted by molar-refractivity contribution is 0.00317. The van der Waals surface area contributed by atoms with E-state index in [9.17, 15) is 18.0 Å². The maximum Gasteiger partial charge on any atom is 0.410 e. The third kappa shape index (κ3) is 3.09. The SMILES string of the molecule is CN1CC2(CCN(C(=O)c3ccc(S(N)(=O)=O)cc3)CC2)OC1=O. The number of primary sulfonamides is 1. The highest BCUT2D eigenvalue weighted by Crippen LogP contribution is 2.32. The van der Waals surface area contributed by atoms with Crippen molar-refractivity contribution in [2.75, 3.05) is 26.7 Å². The third-order valence-corrected chi connectivity index (χ3v) is 5.46. The summed E-state index contributed by atoms with van der Waals surface area (Å²) in [5.74, 6) is -0.177. The zero-order valence-electron chi connectivity index (χ0n) is 13.3. The van der Waals surface area contributed by atoms with Crippen LogP contribution in [0.2, 0.25) is 0 Å². The van der Waals surface area contributed by atoms with Gasteiger partial charge in [0.25, 0.3) is 5.91 Å². The van der Waals surface area contributed by atoms with E-state index in [1.807, 2.05) is 0 Å². The van der Waals surface area contributed by atoms with Crippen LogP contribution < -0.4 is 5.14 Å². The average molecular weight is 353 g/mol. The molecule has 0 bridgehead atoms. The van der Waals surface area contributed by atoms with E-state index in [4.69, 9.17) is 9.88 Å². The largest absolute Gasteiger partial charge is 0.441 e. The fourth-order valence-corrected chi connectivity index (χ4v) is 3.65. The van der Waals surface area contributed by atoms with Crippen LogP contribution in [0.25, 0.3) is 0 Å². The minimum atomic E-state index is -3.77. The molecule has 0 aliphatic carbocycles. The van der Waals surface area contributed by atoms with Gasteiger partial charge in [-0.05, 0) is 24.3 Å². The van der Waals surface area contributed by atoms with E-state index in [1.54, 1.807) is 16.8 Å². The van der Waals surface area contributed by atoms with E-state index in [-0.39, 0.29) is 16.9 Å². The zero-order chi connectivity index (χ0) is 17.5. The fraction of sp³-hybridized carbons (Fsp3) is 0.467. The fourth-order valence-electron chi connectivity index (χ4n) is 3.14. The molecule has 2 aliphatic rings. The van der Waals surface area contributed by atoms with Crippen molar-refractivity contribution < 1.29 is 22.7 Å². The number of sulfonamides is 1. The zero-order valence-corrected chi connectivity index (χ0v) is 14.1. The number of nitrogens with zero attached hydrogens (tertiary/aromatic N) is 2. The molecule has 2 N–H and O–H groups in total. The van der Waals surface area contributed by atoms with Crippen molar-refractivity contribution in [3.63, 3.8) is 0 Å². The molecular formula is C15H19N3O5S. The molecule has 2 aliphatic heterocycles. The van der Waals surface area contributed by atoms with Crippen molar-refractivity contribution in [3.05, 3.63) is 29.8 Å². The molecule has 2 fully saturated rings. The van der Waals surface area contributed by atoms with E-state index >= 15 is 0 Å². The number of amides is 2. The first kappa shape index (κ1) is 16.7. The normalized spacial score (nSPS) is 20.3. The van der Waals surface area contributed by atoms with E-state index in [2.05, 4.69) is 0 Å². The highest BCUT2D eigenvalue weighted by Gasteiger charge is 2.46. The molecular weight excluding hydrogens is 334 g/mol. The van der Waals surface area contributed by atoms with Crippen LogP contribution in [0.3, 0.4) is 0 Å². The van der Waals surface area contributed by atoms with Gasteiger partial charge in [0.1, 0.15) is 5.60 Å². The Bertz CT molecular complexity index is 767. The number of carbonyl (C=O) groups is 2. The molecule has 3 rings (SSSR count). The summed E-state index contributed by atoms with van der Waals surface area (Å²) in [6.07, 6.45) is 0.849. The quantitative estimate of drug-likeness (QED) is 0.827. The van der Waals surface area contributed by atoms with Gasteiger partial charge in [-0.15, -0.1) is 0 Å². The molecule has 24 heavy (non-hydrogen) atoms. The Kier molecular flexibility index (Phi) is 4.00. The van der Waals surface area contributed by atoms with Gasteiger partial charge in [0, 0.05) is 38.5 Å². The minimum Gasteiger partial charge on any atom is -0.441 e. The monoisotopic (exact) mass is 353 g/mol. The maximum atomic E-state index is 12.5. The Morgan fingerprint density at radius 2 is 1.79 bits per heavy atom. The van der Waals surface area contributed by atoms with Crippen LogP contribution in [-0.4, -0.2) is 62.5 Å². The molecule has 9 heteroatoms. The number of likely N-dealkylation sites (N-methyl/N-ethyl adjacent to an activating group) is 1. The number of hydrogen-bond acceptors (Lipinski definition) is 5. The van der Waals surface area contributed by atoms with Crippen molar-refractivity contribution in [2.45, 2.75) is 23.3 Å². The summed E-state index contributed by atoms with van der Waals surface area (Å²) in [4.78, 5) is 27.3. The summed E-state index contributed by atoms with van der Waals surface area (Å²) < 4.78 is 28.0. The number of ether oxygens (including phenoxy) is 1. The first-order valence-electron chi connectivity index (χ1n) is 7.56. The second kappa shape index (κ2) is 5.75. The first-order valence-corrected chi connectivity index (χ1v) is 9.11. The van der Waals surface area contributed by atoms with Crippen molar-refractivity contribution >= 4 is 22.0 Å². The second-order valence-electron chi connectivity index (χ2n) is 6.27. The number of carbonyl (C=O) groups excluding carboxylic acids is 2. The number of hydrogen-bond donors (Lipinski definition) is 1. The third-order valence-electron chi connectivity index (χ3n) is 4.53. The molecule has 0 saturated carbocycles.